The van der Waals surface area contributed by atoms with Crippen molar-refractivity contribution >= 4 is 17.2 Å². The van der Waals surface area contributed by atoms with Crippen LogP contribution in [0.5, 0.6) is 5.75 Å². The molecule has 2 aromatic carbocycles. The van der Waals surface area contributed by atoms with Gasteiger partial charge in [-0.3, -0.25) is 4.98 Å². The van der Waals surface area contributed by atoms with E-state index in [0.29, 0.717) is 11.7 Å². The topological polar surface area (TPSA) is 73.8 Å². The van der Waals surface area contributed by atoms with E-state index < -0.39 is 0 Å². The third kappa shape index (κ3) is 3.91. The number of rotatable bonds is 5. The molecule has 0 bridgehead atoms. The maximum atomic E-state index is 8.91. The average Bonchev–Trinajstić information content (AvgIpc) is 3.49. The first kappa shape index (κ1) is 22.4. The predicted octanol–water partition coefficient (Wildman–Crippen LogP) is 6.20. The molecule has 0 fully saturated rings. The Morgan fingerprint density at radius 1 is 0.944 bits per heavy atom. The maximum Gasteiger partial charge on any atom is 0.165 e. The third-order valence-electron chi connectivity index (χ3n) is 7.22. The minimum atomic E-state index is 0.0537. The molecule has 0 radical (unpaired) electrons. The highest BCUT2D eigenvalue weighted by Gasteiger charge is 2.28. The van der Waals surface area contributed by atoms with E-state index in [1.54, 1.807) is 6.07 Å². The molecule has 2 aromatic heterocycles. The number of fused-ring (bicyclic) bond motifs is 2. The summed E-state index contributed by atoms with van der Waals surface area (Å²) in [6.45, 7) is 5.95. The van der Waals surface area contributed by atoms with Crippen LogP contribution in [0.4, 0.5) is 17.2 Å². The third-order valence-corrected chi connectivity index (χ3v) is 7.22. The van der Waals surface area contributed by atoms with E-state index in [2.05, 4.69) is 77.3 Å². The van der Waals surface area contributed by atoms with Crippen LogP contribution >= 0.6 is 0 Å². The summed E-state index contributed by atoms with van der Waals surface area (Å²) in [6.07, 6.45) is 3.88. The van der Waals surface area contributed by atoms with Crippen molar-refractivity contribution in [3.8, 4) is 17.0 Å². The molecule has 0 amide bonds. The quantitative estimate of drug-likeness (QED) is 0.261. The molecule has 2 N–H and O–H groups in total. The predicted molar refractivity (Wildman–Crippen MR) is 142 cm³/mol. The summed E-state index contributed by atoms with van der Waals surface area (Å²) in [7, 11) is 2.12. The van der Waals surface area contributed by atoms with E-state index in [-0.39, 0.29) is 6.17 Å². The van der Waals surface area contributed by atoms with Gasteiger partial charge in [-0.05, 0) is 65.1 Å². The number of nitrogens with one attached hydrogen (secondary N) is 1. The van der Waals surface area contributed by atoms with Gasteiger partial charge in [0.15, 0.2) is 5.75 Å². The van der Waals surface area contributed by atoms with Crippen molar-refractivity contribution in [3.63, 3.8) is 0 Å². The Morgan fingerprint density at radius 3 is 2.53 bits per heavy atom. The highest BCUT2D eigenvalue weighted by Crippen LogP contribution is 2.41. The van der Waals surface area contributed by atoms with Gasteiger partial charge >= 0.3 is 0 Å². The number of hydrogen-bond donors (Lipinski definition) is 2. The van der Waals surface area contributed by atoms with Crippen molar-refractivity contribution in [1.82, 2.24) is 9.97 Å². The van der Waals surface area contributed by atoms with Crippen molar-refractivity contribution in [2.45, 2.75) is 39.0 Å². The van der Waals surface area contributed by atoms with E-state index in [4.69, 9.17) is 15.2 Å². The van der Waals surface area contributed by atoms with Crippen LogP contribution in [0.1, 0.15) is 48.2 Å². The van der Waals surface area contributed by atoms with Gasteiger partial charge in [0.05, 0.1) is 17.1 Å². The van der Waals surface area contributed by atoms with Gasteiger partial charge in [0.25, 0.3) is 0 Å². The van der Waals surface area contributed by atoms with E-state index in [0.717, 1.165) is 47.0 Å². The zero-order valence-corrected chi connectivity index (χ0v) is 20.6. The summed E-state index contributed by atoms with van der Waals surface area (Å²) >= 11 is 0. The lowest BCUT2D eigenvalue weighted by Gasteiger charge is -2.22. The molecule has 36 heavy (non-hydrogen) atoms. The second-order valence-electron chi connectivity index (χ2n) is 9.85. The Labute approximate surface area is 210 Å². The van der Waals surface area contributed by atoms with Gasteiger partial charge in [0, 0.05) is 43.7 Å². The molecule has 2 aliphatic rings. The van der Waals surface area contributed by atoms with Crippen LogP contribution in [-0.2, 0) is 13.1 Å². The smallest absolute Gasteiger partial charge is 0.165 e. The lowest BCUT2D eigenvalue weighted by atomic mass is 10.0. The SMILES string of the molecule is CC(C)c1ccc2c(c1)N(C)C(c1ccc(-c3ccc(N4Cc5ccc(OO)cc5C4)nc3)nc1)N2. The first-order valence-corrected chi connectivity index (χ1v) is 12.2. The van der Waals surface area contributed by atoms with Crippen LogP contribution in [0, 0.1) is 0 Å². The molecule has 1 unspecified atom stereocenters. The van der Waals surface area contributed by atoms with Gasteiger partial charge in [0.2, 0.25) is 0 Å². The maximum absolute atomic E-state index is 8.91. The van der Waals surface area contributed by atoms with Gasteiger partial charge < -0.3 is 20.0 Å². The molecule has 6 rings (SSSR count). The van der Waals surface area contributed by atoms with Crippen LogP contribution in [0.15, 0.2) is 73.1 Å². The number of aromatic nitrogens is 2. The minimum Gasteiger partial charge on any atom is -0.360 e. The van der Waals surface area contributed by atoms with Gasteiger partial charge in [-0.2, -0.15) is 0 Å². The van der Waals surface area contributed by atoms with Crippen LogP contribution in [0.25, 0.3) is 11.3 Å². The number of hydrogen-bond acceptors (Lipinski definition) is 7. The zero-order valence-electron chi connectivity index (χ0n) is 20.6. The van der Waals surface area contributed by atoms with Gasteiger partial charge in [0.1, 0.15) is 12.0 Å². The molecular formula is C29H29N5O2. The number of pyridine rings is 2. The second-order valence-corrected chi connectivity index (χ2v) is 9.85. The number of nitrogens with zero attached hydrogens (tertiary/aromatic N) is 4. The molecule has 4 heterocycles. The van der Waals surface area contributed by atoms with Crippen LogP contribution < -0.4 is 20.0 Å². The van der Waals surface area contributed by atoms with E-state index in [1.807, 2.05) is 30.6 Å². The Balaban J connectivity index is 1.16. The van der Waals surface area contributed by atoms with Crippen molar-refractivity contribution in [2.75, 3.05) is 22.2 Å². The molecule has 7 nitrogen and oxygen atoms in total. The fourth-order valence-electron chi connectivity index (χ4n) is 5.06. The molecule has 0 saturated heterocycles. The van der Waals surface area contributed by atoms with E-state index in [1.165, 1.54) is 16.8 Å². The average molecular weight is 480 g/mol. The fraction of sp³-hybridized carbons (Fsp3) is 0.241. The van der Waals surface area contributed by atoms with Gasteiger partial charge in [-0.15, -0.1) is 0 Å². The standard InChI is InChI=1S/C29H29N5O2/c1-18(2)19-5-10-26-27(13-19)33(3)29(32-26)21-6-9-25(30-15-21)20-7-11-28(31-14-20)34-16-22-4-8-24(36-35)12-23(22)17-34/h4-15,18,29,32,35H,16-17H2,1-3H3. The van der Waals surface area contributed by atoms with E-state index in [9.17, 15) is 0 Å². The van der Waals surface area contributed by atoms with Crippen molar-refractivity contribution in [1.29, 1.82) is 0 Å². The molecular weight excluding hydrogens is 450 g/mol. The van der Waals surface area contributed by atoms with Crippen molar-refractivity contribution in [2.24, 2.45) is 0 Å². The Bertz CT molecular complexity index is 1400. The molecule has 1 atom stereocenters. The normalized spacial score (nSPS) is 16.2. The molecule has 0 spiro atoms. The molecule has 182 valence electrons. The summed E-state index contributed by atoms with van der Waals surface area (Å²) in [4.78, 5) is 18.3. The van der Waals surface area contributed by atoms with Crippen LogP contribution in [0.3, 0.4) is 0 Å². The summed E-state index contributed by atoms with van der Waals surface area (Å²) in [5, 5.41) is 12.5. The zero-order chi connectivity index (χ0) is 24.8. The van der Waals surface area contributed by atoms with Crippen molar-refractivity contribution < 1.29 is 10.1 Å². The number of benzene rings is 2. The Morgan fingerprint density at radius 2 is 1.81 bits per heavy atom. The van der Waals surface area contributed by atoms with Gasteiger partial charge in [-0.25, -0.2) is 10.2 Å². The van der Waals surface area contributed by atoms with Crippen molar-refractivity contribution in [3.05, 3.63) is 95.3 Å². The largest absolute Gasteiger partial charge is 0.360 e. The molecule has 4 aromatic rings. The second kappa shape index (κ2) is 8.84. The fourth-order valence-corrected chi connectivity index (χ4v) is 5.06. The first-order valence-electron chi connectivity index (χ1n) is 12.2. The lowest BCUT2D eigenvalue weighted by molar-refractivity contribution is -0.137. The highest BCUT2D eigenvalue weighted by molar-refractivity contribution is 5.77. The minimum absolute atomic E-state index is 0.0537. The number of anilines is 3. The first-order chi connectivity index (χ1) is 17.5. The summed E-state index contributed by atoms with van der Waals surface area (Å²) in [5.41, 5.74) is 9.07. The van der Waals surface area contributed by atoms with Crippen LogP contribution in [-0.4, -0.2) is 22.3 Å². The van der Waals surface area contributed by atoms with Crippen LogP contribution in [0.2, 0.25) is 0 Å². The highest BCUT2D eigenvalue weighted by atomic mass is 17.1. The summed E-state index contributed by atoms with van der Waals surface area (Å²) in [5.74, 6) is 1.86. The monoisotopic (exact) mass is 479 g/mol. The van der Waals surface area contributed by atoms with Gasteiger partial charge in [-0.1, -0.05) is 32.0 Å². The Hall–Kier alpha value is -4.10. The molecule has 0 saturated carbocycles. The van der Waals surface area contributed by atoms with E-state index >= 15 is 0 Å². The molecule has 0 aliphatic carbocycles. The summed E-state index contributed by atoms with van der Waals surface area (Å²) in [6, 6.07) is 20.6. The summed E-state index contributed by atoms with van der Waals surface area (Å²) < 4.78 is 0. The molecule has 2 aliphatic heterocycles. The Kier molecular flexibility index (Phi) is 5.49. The molecule has 7 heteroatoms. The lowest BCUT2D eigenvalue weighted by Crippen LogP contribution is -2.23.